The number of aromatic nitrogens is 1. The number of nitrogens with two attached hydrogens (primary N) is 1. The van der Waals surface area contributed by atoms with Gasteiger partial charge >= 0.3 is 0 Å². The van der Waals surface area contributed by atoms with Crippen molar-refractivity contribution in [3.8, 4) is 0 Å². The van der Waals surface area contributed by atoms with Crippen LogP contribution in [0.15, 0.2) is 23.5 Å². The number of hydrogen-bond acceptors (Lipinski definition) is 5. The van der Waals surface area contributed by atoms with Crippen LogP contribution in [0.3, 0.4) is 0 Å². The van der Waals surface area contributed by atoms with Gasteiger partial charge < -0.3 is 15.8 Å². The number of carbonyl (C=O) groups excluding carboxylic acids is 1. The Morgan fingerprint density at radius 2 is 2.14 bits per heavy atom. The summed E-state index contributed by atoms with van der Waals surface area (Å²) >= 11 is 1.57. The summed E-state index contributed by atoms with van der Waals surface area (Å²) in [5.41, 5.74) is 7.29. The van der Waals surface area contributed by atoms with Crippen LogP contribution in [0.4, 0.5) is 0 Å². The topological polar surface area (TPSA) is 91.8 Å². The maximum atomic E-state index is 12.4. The molecule has 0 bridgehead atoms. The fourth-order valence-electron chi connectivity index (χ4n) is 2.50. The van der Waals surface area contributed by atoms with Gasteiger partial charge in [0.05, 0.1) is 10.3 Å². The molecule has 1 aromatic rings. The Balaban J connectivity index is 2.07. The normalized spacial score (nSPS) is 18.6. The van der Waals surface area contributed by atoms with Crippen LogP contribution in [0, 0.1) is 6.92 Å². The van der Waals surface area contributed by atoms with Crippen LogP contribution in [0.2, 0.25) is 0 Å². The maximum absolute atomic E-state index is 12.4. The fraction of sp³-hybridized carbons (Fsp3) is 0.500. The van der Waals surface area contributed by atoms with E-state index in [0.717, 1.165) is 5.69 Å². The minimum Gasteiger partial charge on any atom is -0.409 e. The predicted molar refractivity (Wildman–Crippen MR) is 83.8 cm³/mol. The second-order valence-corrected chi connectivity index (χ2v) is 6.35. The zero-order valence-electron chi connectivity index (χ0n) is 12.2. The van der Waals surface area contributed by atoms with Crippen molar-refractivity contribution in [1.82, 2.24) is 9.88 Å². The molecule has 0 radical (unpaired) electrons. The Bertz CT molecular complexity index is 536. The van der Waals surface area contributed by atoms with Gasteiger partial charge in [0.25, 0.3) is 5.91 Å². The van der Waals surface area contributed by atoms with Gasteiger partial charge in [0, 0.05) is 25.0 Å². The second-order valence-electron chi connectivity index (χ2n) is 5.16. The minimum atomic E-state index is -0.378. The Labute approximate surface area is 128 Å². The number of aryl methyl sites for hydroxylation is 1. The first-order valence-corrected chi connectivity index (χ1v) is 8.00. The number of thioether (sulfide) groups is 1. The van der Waals surface area contributed by atoms with E-state index in [1.54, 1.807) is 28.9 Å². The Hall–Kier alpha value is -1.76. The predicted octanol–water partition coefficient (Wildman–Crippen LogP) is 1.47. The van der Waals surface area contributed by atoms with Gasteiger partial charge in [0.1, 0.15) is 0 Å². The summed E-state index contributed by atoms with van der Waals surface area (Å²) in [4.78, 5) is 18.4. The number of amidine groups is 1. The van der Waals surface area contributed by atoms with Crippen LogP contribution < -0.4 is 5.73 Å². The van der Waals surface area contributed by atoms with Gasteiger partial charge in [-0.15, -0.1) is 0 Å². The molecule has 1 aromatic heterocycles. The van der Waals surface area contributed by atoms with Crippen LogP contribution in [-0.4, -0.2) is 50.9 Å². The molecule has 21 heavy (non-hydrogen) atoms. The van der Waals surface area contributed by atoms with E-state index in [1.165, 1.54) is 0 Å². The van der Waals surface area contributed by atoms with E-state index in [0.29, 0.717) is 31.5 Å². The minimum absolute atomic E-state index is 0.0169. The van der Waals surface area contributed by atoms with Crippen molar-refractivity contribution in [3.05, 3.63) is 29.6 Å². The number of pyridine rings is 1. The number of hydrogen-bond donors (Lipinski definition) is 2. The summed E-state index contributed by atoms with van der Waals surface area (Å²) in [6, 6.07) is 3.63. The van der Waals surface area contributed by atoms with Crippen molar-refractivity contribution in [2.75, 3.05) is 19.3 Å². The first-order chi connectivity index (χ1) is 10.0. The summed E-state index contributed by atoms with van der Waals surface area (Å²) < 4.78 is -0.378. The molecule has 1 fully saturated rings. The SMILES string of the molecule is CSC1(C(N)=NO)CCN(C(=O)c2ccc(C)nc2)CC1. The molecule has 0 atom stereocenters. The molecule has 2 heterocycles. The van der Waals surface area contributed by atoms with Gasteiger partial charge in [0.2, 0.25) is 0 Å². The number of carbonyl (C=O) groups is 1. The lowest BCUT2D eigenvalue weighted by atomic mass is 9.94. The molecule has 1 amide bonds. The van der Waals surface area contributed by atoms with Gasteiger partial charge in [-0.05, 0) is 38.2 Å². The molecular formula is C14H20N4O2S. The number of rotatable bonds is 3. The van der Waals surface area contributed by atoms with E-state index in [2.05, 4.69) is 10.1 Å². The van der Waals surface area contributed by atoms with Gasteiger partial charge in [-0.1, -0.05) is 5.16 Å². The van der Waals surface area contributed by atoms with E-state index in [9.17, 15) is 4.79 Å². The van der Waals surface area contributed by atoms with E-state index in [-0.39, 0.29) is 16.5 Å². The number of piperidine rings is 1. The largest absolute Gasteiger partial charge is 0.409 e. The first kappa shape index (κ1) is 15.6. The molecule has 1 aliphatic rings. The molecule has 3 N–H and O–H groups in total. The van der Waals surface area contributed by atoms with E-state index < -0.39 is 0 Å². The number of nitrogens with zero attached hydrogens (tertiary/aromatic N) is 3. The molecule has 0 aromatic carbocycles. The van der Waals surface area contributed by atoms with Crippen LogP contribution in [0.25, 0.3) is 0 Å². The van der Waals surface area contributed by atoms with Crippen LogP contribution in [0.5, 0.6) is 0 Å². The molecule has 1 saturated heterocycles. The van der Waals surface area contributed by atoms with Crippen LogP contribution in [-0.2, 0) is 0 Å². The highest BCUT2D eigenvalue weighted by Crippen LogP contribution is 2.35. The van der Waals surface area contributed by atoms with Crippen molar-refractivity contribution in [3.63, 3.8) is 0 Å². The molecule has 114 valence electrons. The van der Waals surface area contributed by atoms with E-state index in [4.69, 9.17) is 10.9 Å². The van der Waals surface area contributed by atoms with Gasteiger partial charge in [-0.3, -0.25) is 9.78 Å². The molecule has 6 nitrogen and oxygen atoms in total. The molecule has 0 saturated carbocycles. The summed E-state index contributed by atoms with van der Waals surface area (Å²) in [7, 11) is 0. The highest BCUT2D eigenvalue weighted by molar-refractivity contribution is 8.00. The average Bonchev–Trinajstić information content (AvgIpc) is 2.54. The lowest BCUT2D eigenvalue weighted by Gasteiger charge is -2.39. The molecule has 2 rings (SSSR count). The summed E-state index contributed by atoms with van der Waals surface area (Å²) in [6.45, 7) is 3.06. The first-order valence-electron chi connectivity index (χ1n) is 6.77. The summed E-state index contributed by atoms with van der Waals surface area (Å²) in [6.07, 6.45) is 4.90. The van der Waals surface area contributed by atoms with Crippen molar-refractivity contribution in [1.29, 1.82) is 0 Å². The van der Waals surface area contributed by atoms with E-state index in [1.807, 2.05) is 19.2 Å². The number of amides is 1. The lowest BCUT2D eigenvalue weighted by molar-refractivity contribution is 0.0717. The highest BCUT2D eigenvalue weighted by Gasteiger charge is 2.39. The second kappa shape index (κ2) is 6.34. The Kier molecular flexibility index (Phi) is 4.72. The van der Waals surface area contributed by atoms with Gasteiger partial charge in [-0.2, -0.15) is 11.8 Å². The molecule has 7 heteroatoms. The number of likely N-dealkylation sites (tertiary alicyclic amines) is 1. The molecular weight excluding hydrogens is 288 g/mol. The van der Waals surface area contributed by atoms with E-state index >= 15 is 0 Å². The zero-order valence-corrected chi connectivity index (χ0v) is 13.1. The van der Waals surface area contributed by atoms with Crippen LogP contribution >= 0.6 is 11.8 Å². The van der Waals surface area contributed by atoms with Crippen LogP contribution in [0.1, 0.15) is 28.9 Å². The third-order valence-electron chi connectivity index (χ3n) is 3.98. The van der Waals surface area contributed by atoms with Gasteiger partial charge in [-0.25, -0.2) is 0 Å². The molecule has 0 aliphatic carbocycles. The Morgan fingerprint density at radius 3 is 2.62 bits per heavy atom. The van der Waals surface area contributed by atoms with Gasteiger partial charge in [0.15, 0.2) is 5.84 Å². The molecule has 1 aliphatic heterocycles. The Morgan fingerprint density at radius 1 is 1.48 bits per heavy atom. The quantitative estimate of drug-likeness (QED) is 0.382. The standard InChI is InChI=1S/C14H20N4O2S/c1-10-3-4-11(9-16-10)12(19)18-7-5-14(21-2,6-8-18)13(15)17-20/h3-4,9,20H,5-8H2,1-2H3,(H2,15,17). The van der Waals surface area contributed by atoms with Crippen molar-refractivity contribution >= 4 is 23.5 Å². The average molecular weight is 308 g/mol. The molecule has 0 unspecified atom stereocenters. The lowest BCUT2D eigenvalue weighted by Crippen LogP contribution is -2.51. The van der Waals surface area contributed by atoms with Crippen molar-refractivity contribution < 1.29 is 10.0 Å². The molecule has 0 spiro atoms. The number of oxime groups is 1. The maximum Gasteiger partial charge on any atom is 0.255 e. The highest BCUT2D eigenvalue weighted by atomic mass is 32.2. The van der Waals surface area contributed by atoms with Crippen molar-refractivity contribution in [2.45, 2.75) is 24.5 Å². The monoisotopic (exact) mass is 308 g/mol. The smallest absolute Gasteiger partial charge is 0.255 e. The fourth-order valence-corrected chi connectivity index (χ4v) is 3.34. The third-order valence-corrected chi connectivity index (χ3v) is 5.38. The summed E-state index contributed by atoms with van der Waals surface area (Å²) in [5.74, 6) is 0.218. The zero-order chi connectivity index (χ0) is 15.5. The van der Waals surface area contributed by atoms with Crippen molar-refractivity contribution in [2.24, 2.45) is 10.9 Å². The third kappa shape index (κ3) is 3.12. The summed E-state index contributed by atoms with van der Waals surface area (Å²) in [5, 5.41) is 12.1.